The fourth-order valence-electron chi connectivity index (χ4n) is 5.28. The van der Waals surface area contributed by atoms with Crippen LogP contribution in [0, 0.1) is 11.2 Å². The number of carboxylic acids is 1. The highest BCUT2D eigenvalue weighted by atomic mass is 19.1. The summed E-state index contributed by atoms with van der Waals surface area (Å²) in [6.07, 6.45) is 4.85. The maximum atomic E-state index is 15.5. The van der Waals surface area contributed by atoms with Gasteiger partial charge in [-0.1, -0.05) is 36.4 Å². The number of hydrogen-bond donors (Lipinski definition) is 3. The van der Waals surface area contributed by atoms with Crippen molar-refractivity contribution in [2.45, 2.75) is 44.8 Å². The minimum Gasteiger partial charge on any atom is -0.489 e. The number of anilines is 1. The van der Waals surface area contributed by atoms with E-state index in [1.54, 1.807) is 36.4 Å². The van der Waals surface area contributed by atoms with Crippen LogP contribution >= 0.6 is 0 Å². The standard InChI is InChI=1S/C30H33FN2O4/c31-29-24(5-3-6-25(29)26(32)18-34)22-14-20(19-37-27-7-2-1-4-21(27)17-28(35)36)15-23(16-22)33-12-10-30(8-9-30)11-13-33/h1-7,14-16,26,34H,8-13,17-19,32H2,(H,35,36). The van der Waals surface area contributed by atoms with Gasteiger partial charge < -0.3 is 25.6 Å². The van der Waals surface area contributed by atoms with Crippen LogP contribution in [0.4, 0.5) is 10.1 Å². The van der Waals surface area contributed by atoms with Crippen LogP contribution in [0.2, 0.25) is 0 Å². The molecule has 194 valence electrons. The van der Waals surface area contributed by atoms with Crippen molar-refractivity contribution in [2.24, 2.45) is 11.1 Å². The molecule has 2 fully saturated rings. The summed E-state index contributed by atoms with van der Waals surface area (Å²) in [5.74, 6) is -0.835. The number of para-hydroxylation sites is 1. The van der Waals surface area contributed by atoms with E-state index in [2.05, 4.69) is 11.0 Å². The fourth-order valence-corrected chi connectivity index (χ4v) is 5.28. The van der Waals surface area contributed by atoms with Crippen LogP contribution < -0.4 is 15.4 Å². The van der Waals surface area contributed by atoms with Gasteiger partial charge in [0.15, 0.2) is 0 Å². The molecule has 1 saturated heterocycles. The molecule has 0 bridgehead atoms. The number of hydrogen-bond acceptors (Lipinski definition) is 5. The van der Waals surface area contributed by atoms with E-state index in [4.69, 9.17) is 10.5 Å². The Morgan fingerprint density at radius 3 is 2.51 bits per heavy atom. The number of carbonyl (C=O) groups is 1. The van der Waals surface area contributed by atoms with E-state index in [0.717, 1.165) is 24.3 Å². The highest BCUT2D eigenvalue weighted by molar-refractivity contribution is 5.72. The van der Waals surface area contributed by atoms with Crippen molar-refractivity contribution < 1.29 is 24.1 Å². The Hall–Kier alpha value is -3.42. The average molecular weight is 505 g/mol. The number of halogens is 1. The van der Waals surface area contributed by atoms with Crippen LogP contribution in [-0.2, 0) is 17.8 Å². The molecule has 1 aliphatic heterocycles. The summed E-state index contributed by atoms with van der Waals surface area (Å²) in [6.45, 7) is 1.80. The highest BCUT2D eigenvalue weighted by Gasteiger charge is 2.44. The molecule has 37 heavy (non-hydrogen) atoms. The molecular weight excluding hydrogens is 471 g/mol. The second kappa shape index (κ2) is 10.5. The first-order chi connectivity index (χ1) is 17.9. The summed E-state index contributed by atoms with van der Waals surface area (Å²) >= 11 is 0. The van der Waals surface area contributed by atoms with Gasteiger partial charge in [0.1, 0.15) is 18.2 Å². The largest absolute Gasteiger partial charge is 0.489 e. The first-order valence-electron chi connectivity index (χ1n) is 12.8. The van der Waals surface area contributed by atoms with Crippen LogP contribution in [0.3, 0.4) is 0 Å². The van der Waals surface area contributed by atoms with Crippen molar-refractivity contribution in [3.05, 3.63) is 83.2 Å². The Balaban J connectivity index is 1.48. The zero-order valence-corrected chi connectivity index (χ0v) is 20.8. The summed E-state index contributed by atoms with van der Waals surface area (Å²) in [6, 6.07) is 17.4. The molecule has 4 N–H and O–H groups in total. The van der Waals surface area contributed by atoms with Crippen LogP contribution in [0.15, 0.2) is 60.7 Å². The Kier molecular flexibility index (Phi) is 7.17. The topological polar surface area (TPSA) is 96.0 Å². The molecule has 1 spiro atoms. The monoisotopic (exact) mass is 504 g/mol. The molecule has 5 rings (SSSR count). The van der Waals surface area contributed by atoms with Crippen LogP contribution in [-0.4, -0.2) is 35.9 Å². The van der Waals surface area contributed by atoms with Gasteiger partial charge in [-0.15, -0.1) is 0 Å². The molecule has 0 aromatic heterocycles. The SMILES string of the molecule is NC(CO)c1cccc(-c2cc(COc3ccccc3CC(=O)O)cc(N3CCC4(CC3)CC4)c2)c1F. The van der Waals surface area contributed by atoms with Crippen molar-refractivity contribution in [1.29, 1.82) is 0 Å². The summed E-state index contributed by atoms with van der Waals surface area (Å²) in [4.78, 5) is 13.6. The maximum Gasteiger partial charge on any atom is 0.307 e. The molecule has 7 heteroatoms. The number of rotatable bonds is 9. The lowest BCUT2D eigenvalue weighted by molar-refractivity contribution is -0.136. The number of aliphatic hydroxyl groups excluding tert-OH is 1. The molecule has 1 saturated carbocycles. The van der Waals surface area contributed by atoms with Crippen LogP contribution in [0.5, 0.6) is 5.75 Å². The Bertz CT molecular complexity index is 1280. The zero-order chi connectivity index (χ0) is 26.0. The number of aliphatic carboxylic acids is 1. The highest BCUT2D eigenvalue weighted by Crippen LogP contribution is 2.54. The number of piperidine rings is 1. The van der Waals surface area contributed by atoms with Crippen molar-refractivity contribution in [3.8, 4) is 16.9 Å². The van der Waals surface area contributed by atoms with Gasteiger partial charge in [-0.25, -0.2) is 4.39 Å². The predicted molar refractivity (Wildman–Crippen MR) is 141 cm³/mol. The molecular formula is C30H33FN2O4. The second-order valence-corrected chi connectivity index (χ2v) is 10.3. The molecule has 3 aromatic carbocycles. The molecule has 1 unspecified atom stereocenters. The van der Waals surface area contributed by atoms with E-state index in [0.29, 0.717) is 27.9 Å². The lowest BCUT2D eigenvalue weighted by atomic mass is 9.92. The van der Waals surface area contributed by atoms with Gasteiger partial charge in [0, 0.05) is 35.5 Å². The quantitative estimate of drug-likeness (QED) is 0.377. The van der Waals surface area contributed by atoms with Crippen LogP contribution in [0.1, 0.15) is 48.4 Å². The van der Waals surface area contributed by atoms with E-state index < -0.39 is 17.8 Å². The molecule has 1 heterocycles. The number of ether oxygens (including phenoxy) is 1. The number of carboxylic acid groups (broad SMARTS) is 1. The van der Waals surface area contributed by atoms with Crippen molar-refractivity contribution in [2.75, 3.05) is 24.6 Å². The smallest absolute Gasteiger partial charge is 0.307 e. The van der Waals surface area contributed by atoms with E-state index in [-0.39, 0.29) is 25.2 Å². The van der Waals surface area contributed by atoms with Crippen LogP contribution in [0.25, 0.3) is 11.1 Å². The number of aliphatic hydroxyl groups is 1. The maximum absolute atomic E-state index is 15.5. The Labute approximate surface area is 216 Å². The second-order valence-electron chi connectivity index (χ2n) is 10.3. The molecule has 3 aromatic rings. The lowest BCUT2D eigenvalue weighted by Crippen LogP contribution is -2.34. The Morgan fingerprint density at radius 1 is 1.05 bits per heavy atom. The zero-order valence-electron chi connectivity index (χ0n) is 20.8. The lowest BCUT2D eigenvalue weighted by Gasteiger charge is -2.34. The van der Waals surface area contributed by atoms with Crippen molar-refractivity contribution in [1.82, 2.24) is 0 Å². The van der Waals surface area contributed by atoms with Crippen molar-refractivity contribution >= 4 is 11.7 Å². The molecule has 6 nitrogen and oxygen atoms in total. The fraction of sp³-hybridized carbons (Fsp3) is 0.367. The van der Waals surface area contributed by atoms with Gasteiger partial charge in [-0.05, 0) is 66.5 Å². The van der Waals surface area contributed by atoms with Gasteiger partial charge in [0.25, 0.3) is 0 Å². The van der Waals surface area contributed by atoms with Gasteiger partial charge in [0.2, 0.25) is 0 Å². The minimum absolute atomic E-state index is 0.125. The Morgan fingerprint density at radius 2 is 1.81 bits per heavy atom. The van der Waals surface area contributed by atoms with Gasteiger partial charge in [-0.3, -0.25) is 4.79 Å². The van der Waals surface area contributed by atoms with Gasteiger partial charge >= 0.3 is 5.97 Å². The van der Waals surface area contributed by atoms with E-state index in [9.17, 15) is 15.0 Å². The number of nitrogens with two attached hydrogens (primary N) is 1. The van der Waals surface area contributed by atoms with E-state index in [1.165, 1.54) is 25.7 Å². The van der Waals surface area contributed by atoms with Crippen molar-refractivity contribution in [3.63, 3.8) is 0 Å². The summed E-state index contributed by atoms with van der Waals surface area (Å²) in [5, 5.41) is 18.7. The van der Waals surface area contributed by atoms with E-state index >= 15 is 4.39 Å². The van der Waals surface area contributed by atoms with Gasteiger partial charge in [-0.2, -0.15) is 0 Å². The van der Waals surface area contributed by atoms with Gasteiger partial charge in [0.05, 0.1) is 19.1 Å². The summed E-state index contributed by atoms with van der Waals surface area (Å²) in [7, 11) is 0. The minimum atomic E-state index is -0.921. The number of benzene rings is 3. The molecule has 0 amide bonds. The molecule has 0 radical (unpaired) electrons. The first-order valence-corrected chi connectivity index (χ1v) is 12.8. The third kappa shape index (κ3) is 5.63. The van der Waals surface area contributed by atoms with E-state index in [1.807, 2.05) is 18.2 Å². The summed E-state index contributed by atoms with van der Waals surface area (Å²) < 4.78 is 21.6. The third-order valence-electron chi connectivity index (χ3n) is 7.77. The molecule has 1 aliphatic carbocycles. The molecule has 1 atom stereocenters. The third-order valence-corrected chi connectivity index (χ3v) is 7.77. The summed E-state index contributed by atoms with van der Waals surface area (Å²) in [5.41, 5.74) is 10.4. The normalized spacial score (nSPS) is 17.0. The predicted octanol–water partition coefficient (Wildman–Crippen LogP) is 5.07. The molecule has 2 aliphatic rings. The first kappa shape index (κ1) is 25.2. The average Bonchev–Trinajstić information content (AvgIpc) is 3.66. The number of nitrogens with zero attached hydrogens (tertiary/aromatic N) is 1.